The van der Waals surface area contributed by atoms with Gasteiger partial charge in [-0.25, -0.2) is 0 Å². The van der Waals surface area contributed by atoms with Gasteiger partial charge in [0.25, 0.3) is 0 Å². The quantitative estimate of drug-likeness (QED) is 0.491. The molecule has 1 amide bonds. The summed E-state index contributed by atoms with van der Waals surface area (Å²) in [5, 5.41) is 16.2. The Balaban J connectivity index is 1.47. The van der Waals surface area contributed by atoms with Crippen molar-refractivity contribution in [2.24, 2.45) is 0 Å². The summed E-state index contributed by atoms with van der Waals surface area (Å²) in [4.78, 5) is 17.0. The zero-order valence-electron chi connectivity index (χ0n) is 15.9. The molecule has 0 aliphatic rings. The summed E-state index contributed by atoms with van der Waals surface area (Å²) in [6, 6.07) is 16.9. The SMILES string of the molecule is COc1ccc(-n2nnnc2SCC(=O)Nc2cc(C)nc3ccccc23)cc1. The van der Waals surface area contributed by atoms with Gasteiger partial charge in [-0.15, -0.1) is 5.10 Å². The molecule has 9 heteroatoms. The van der Waals surface area contributed by atoms with Crippen molar-refractivity contribution < 1.29 is 9.53 Å². The molecule has 0 aliphatic heterocycles. The van der Waals surface area contributed by atoms with Gasteiger partial charge in [0.15, 0.2) is 0 Å². The summed E-state index contributed by atoms with van der Waals surface area (Å²) < 4.78 is 6.75. The summed E-state index contributed by atoms with van der Waals surface area (Å²) in [5.74, 6) is 0.775. The van der Waals surface area contributed by atoms with Gasteiger partial charge >= 0.3 is 0 Å². The smallest absolute Gasteiger partial charge is 0.234 e. The van der Waals surface area contributed by atoms with Gasteiger partial charge in [-0.3, -0.25) is 9.78 Å². The van der Waals surface area contributed by atoms with Crippen LogP contribution in [0, 0.1) is 6.92 Å². The number of fused-ring (bicyclic) bond motifs is 1. The summed E-state index contributed by atoms with van der Waals surface area (Å²) in [5.41, 5.74) is 3.22. The van der Waals surface area contributed by atoms with Crippen LogP contribution in [0.1, 0.15) is 5.69 Å². The molecule has 2 aromatic carbocycles. The molecule has 0 unspecified atom stereocenters. The summed E-state index contributed by atoms with van der Waals surface area (Å²) >= 11 is 1.26. The molecule has 4 rings (SSSR count). The average Bonchev–Trinajstić information content (AvgIpc) is 3.21. The Morgan fingerprint density at radius 2 is 1.97 bits per heavy atom. The zero-order valence-corrected chi connectivity index (χ0v) is 16.7. The first-order chi connectivity index (χ1) is 14.1. The van der Waals surface area contributed by atoms with Crippen LogP contribution in [0.3, 0.4) is 0 Å². The number of hydrogen-bond donors (Lipinski definition) is 1. The predicted molar refractivity (Wildman–Crippen MR) is 112 cm³/mol. The number of nitrogens with one attached hydrogen (secondary N) is 1. The number of methoxy groups -OCH3 is 1. The van der Waals surface area contributed by atoms with Crippen molar-refractivity contribution in [2.75, 3.05) is 18.2 Å². The van der Waals surface area contributed by atoms with Crippen molar-refractivity contribution in [3.8, 4) is 11.4 Å². The molecule has 1 N–H and O–H groups in total. The molecule has 0 atom stereocenters. The number of pyridine rings is 1. The van der Waals surface area contributed by atoms with E-state index < -0.39 is 0 Å². The first-order valence-corrected chi connectivity index (χ1v) is 9.84. The molecule has 0 fully saturated rings. The Morgan fingerprint density at radius 3 is 2.76 bits per heavy atom. The Labute approximate surface area is 171 Å². The highest BCUT2D eigenvalue weighted by Gasteiger charge is 2.13. The van der Waals surface area contributed by atoms with E-state index in [1.165, 1.54) is 11.8 Å². The Hall–Kier alpha value is -3.46. The number of thioether (sulfide) groups is 1. The Bertz CT molecular complexity index is 1160. The van der Waals surface area contributed by atoms with E-state index in [4.69, 9.17) is 4.74 Å². The molecule has 0 bridgehead atoms. The van der Waals surface area contributed by atoms with Gasteiger partial charge in [-0.2, -0.15) is 4.68 Å². The molecular formula is C20H18N6O2S. The lowest BCUT2D eigenvalue weighted by Gasteiger charge is -2.10. The van der Waals surface area contributed by atoms with Gasteiger partial charge in [0.1, 0.15) is 5.75 Å². The lowest BCUT2D eigenvalue weighted by atomic mass is 10.1. The summed E-state index contributed by atoms with van der Waals surface area (Å²) in [6.07, 6.45) is 0. The van der Waals surface area contributed by atoms with Crippen molar-refractivity contribution in [3.63, 3.8) is 0 Å². The summed E-state index contributed by atoms with van der Waals surface area (Å²) in [6.45, 7) is 1.90. The molecule has 2 heterocycles. The molecule has 0 saturated heterocycles. The number of carbonyl (C=O) groups is 1. The van der Waals surface area contributed by atoms with E-state index in [-0.39, 0.29) is 11.7 Å². The first kappa shape index (κ1) is 18.9. The van der Waals surface area contributed by atoms with E-state index in [0.717, 1.165) is 33.7 Å². The molecule has 4 aromatic rings. The number of rotatable bonds is 6. The minimum Gasteiger partial charge on any atom is -0.497 e. The van der Waals surface area contributed by atoms with E-state index in [0.29, 0.717) is 5.16 Å². The van der Waals surface area contributed by atoms with Gasteiger partial charge < -0.3 is 10.1 Å². The van der Waals surface area contributed by atoms with E-state index in [1.54, 1.807) is 11.8 Å². The standard InChI is InChI=1S/C20H18N6O2S/c1-13-11-18(16-5-3-4-6-17(16)21-13)22-19(27)12-29-20-23-24-25-26(20)14-7-9-15(28-2)10-8-14/h3-11H,12H2,1-2H3,(H,21,22,27). The predicted octanol–water partition coefficient (Wildman–Crippen LogP) is 3.26. The number of hydrogen-bond acceptors (Lipinski definition) is 7. The average molecular weight is 406 g/mol. The minimum atomic E-state index is -0.143. The van der Waals surface area contributed by atoms with Crippen molar-refractivity contribution in [1.82, 2.24) is 25.2 Å². The molecule has 0 spiro atoms. The van der Waals surface area contributed by atoms with Crippen molar-refractivity contribution in [3.05, 3.63) is 60.3 Å². The number of amides is 1. The molecule has 2 aromatic heterocycles. The lowest BCUT2D eigenvalue weighted by Crippen LogP contribution is -2.15. The van der Waals surface area contributed by atoms with Gasteiger partial charge in [-0.1, -0.05) is 30.0 Å². The third-order valence-corrected chi connectivity index (χ3v) is 5.13. The molecule has 0 aliphatic carbocycles. The van der Waals surface area contributed by atoms with Gasteiger partial charge in [0.2, 0.25) is 11.1 Å². The Kier molecular flexibility index (Phi) is 5.39. The van der Waals surface area contributed by atoms with Crippen LogP contribution in [-0.4, -0.2) is 44.0 Å². The number of aromatic nitrogens is 5. The fourth-order valence-electron chi connectivity index (χ4n) is 2.88. The number of aryl methyl sites for hydroxylation is 1. The van der Waals surface area contributed by atoms with Crippen LogP contribution >= 0.6 is 11.8 Å². The molecule has 146 valence electrons. The van der Waals surface area contributed by atoms with Crippen molar-refractivity contribution >= 4 is 34.3 Å². The zero-order chi connectivity index (χ0) is 20.2. The number of ether oxygens (including phenoxy) is 1. The second-order valence-electron chi connectivity index (χ2n) is 6.24. The van der Waals surface area contributed by atoms with Crippen LogP contribution in [0.2, 0.25) is 0 Å². The van der Waals surface area contributed by atoms with Crippen LogP contribution < -0.4 is 10.1 Å². The fourth-order valence-corrected chi connectivity index (χ4v) is 3.57. The fraction of sp³-hybridized carbons (Fsp3) is 0.150. The normalized spacial score (nSPS) is 10.8. The third kappa shape index (κ3) is 4.19. The van der Waals surface area contributed by atoms with E-state index in [2.05, 4.69) is 25.8 Å². The molecule has 0 saturated carbocycles. The van der Waals surface area contributed by atoms with Gasteiger partial charge in [-0.05, 0) is 53.7 Å². The molecular weight excluding hydrogens is 388 g/mol. The maximum absolute atomic E-state index is 12.5. The number of para-hydroxylation sites is 1. The second kappa shape index (κ2) is 8.27. The topological polar surface area (TPSA) is 94.8 Å². The number of anilines is 1. The van der Waals surface area contributed by atoms with Crippen molar-refractivity contribution in [2.45, 2.75) is 12.1 Å². The van der Waals surface area contributed by atoms with Gasteiger partial charge in [0.05, 0.1) is 29.8 Å². The number of nitrogens with zero attached hydrogens (tertiary/aromatic N) is 5. The largest absolute Gasteiger partial charge is 0.497 e. The van der Waals surface area contributed by atoms with E-state index in [9.17, 15) is 4.79 Å². The number of tetrazole rings is 1. The van der Waals surface area contributed by atoms with Crippen LogP contribution in [0.15, 0.2) is 59.8 Å². The highest BCUT2D eigenvalue weighted by Crippen LogP contribution is 2.24. The monoisotopic (exact) mass is 406 g/mol. The second-order valence-corrected chi connectivity index (χ2v) is 7.18. The van der Waals surface area contributed by atoms with Crippen molar-refractivity contribution in [1.29, 1.82) is 0 Å². The highest BCUT2D eigenvalue weighted by molar-refractivity contribution is 7.99. The van der Waals surface area contributed by atoms with Crippen LogP contribution in [0.4, 0.5) is 5.69 Å². The first-order valence-electron chi connectivity index (χ1n) is 8.86. The lowest BCUT2D eigenvalue weighted by molar-refractivity contribution is -0.113. The van der Waals surface area contributed by atoms with E-state index >= 15 is 0 Å². The van der Waals surface area contributed by atoms with Gasteiger partial charge in [0, 0.05) is 11.1 Å². The maximum Gasteiger partial charge on any atom is 0.234 e. The summed E-state index contributed by atoms with van der Waals surface area (Å²) in [7, 11) is 1.61. The van der Waals surface area contributed by atoms with Crippen LogP contribution in [-0.2, 0) is 4.79 Å². The Morgan fingerprint density at radius 1 is 1.17 bits per heavy atom. The molecule has 29 heavy (non-hydrogen) atoms. The third-order valence-electron chi connectivity index (χ3n) is 4.21. The number of carbonyl (C=O) groups excluding carboxylic acids is 1. The molecule has 0 radical (unpaired) electrons. The van der Waals surface area contributed by atoms with E-state index in [1.807, 2.05) is 61.5 Å². The minimum absolute atomic E-state index is 0.143. The maximum atomic E-state index is 12.5. The number of benzene rings is 2. The van der Waals surface area contributed by atoms with Crippen LogP contribution in [0.5, 0.6) is 5.75 Å². The highest BCUT2D eigenvalue weighted by atomic mass is 32.2. The molecule has 8 nitrogen and oxygen atoms in total. The van der Waals surface area contributed by atoms with Crippen LogP contribution in [0.25, 0.3) is 16.6 Å².